The highest BCUT2D eigenvalue weighted by molar-refractivity contribution is 5.77. The van der Waals surface area contributed by atoms with Crippen LogP contribution in [0.25, 0.3) is 0 Å². The minimum absolute atomic E-state index is 0.186. The van der Waals surface area contributed by atoms with E-state index >= 15 is 0 Å². The van der Waals surface area contributed by atoms with E-state index in [0.717, 1.165) is 6.42 Å². The molecule has 0 heterocycles. The second kappa shape index (κ2) is 6.42. The molecule has 5 heteroatoms. The Bertz CT molecular complexity index is 564. The first kappa shape index (κ1) is 16.4. The molecule has 5 nitrogen and oxygen atoms in total. The van der Waals surface area contributed by atoms with Crippen LogP contribution in [-0.2, 0) is 14.4 Å². The molecule has 5 atom stereocenters. The molecule has 2 N–H and O–H groups in total. The Hall–Kier alpha value is -1.97. The zero-order chi connectivity index (χ0) is 16.3. The van der Waals surface area contributed by atoms with Gasteiger partial charge < -0.3 is 10.2 Å². The van der Waals surface area contributed by atoms with E-state index in [9.17, 15) is 15.0 Å². The first-order valence-corrected chi connectivity index (χ1v) is 7.42. The predicted molar refractivity (Wildman–Crippen MR) is 76.8 cm³/mol. The van der Waals surface area contributed by atoms with Crippen molar-refractivity contribution >= 4 is 12.1 Å². The van der Waals surface area contributed by atoms with Crippen LogP contribution in [0.1, 0.15) is 37.7 Å². The van der Waals surface area contributed by atoms with Gasteiger partial charge in [-0.1, -0.05) is 37.3 Å². The quantitative estimate of drug-likeness (QED) is 0.888. The third-order valence-electron chi connectivity index (χ3n) is 5.08. The molecule has 2 aliphatic carbocycles. The molecule has 1 aromatic rings. The lowest BCUT2D eigenvalue weighted by molar-refractivity contribution is -0.191. The standard InChI is InChI=1S/C16H20O3.CO2/c1-10(11-5-3-2-4-6-11)8-16(15(18)19)9-14(17)12-7-13(12)16;2-1-3/h2-6,10,12-14,17H,7-9H2,1H3,(H,18,19);/t10-,12-,13+,14-,16+;/m0./s1. The fourth-order valence-electron chi connectivity index (χ4n) is 3.96. The van der Waals surface area contributed by atoms with Crippen LogP contribution in [0.5, 0.6) is 0 Å². The molecule has 0 spiro atoms. The average Bonchev–Trinajstić information content (AvgIpc) is 3.24. The number of carbonyl (C=O) groups excluding carboxylic acids is 2. The number of carbonyl (C=O) groups is 1. The van der Waals surface area contributed by atoms with Gasteiger partial charge in [0.1, 0.15) is 0 Å². The van der Waals surface area contributed by atoms with Crippen LogP contribution in [-0.4, -0.2) is 28.4 Å². The molecule has 22 heavy (non-hydrogen) atoms. The summed E-state index contributed by atoms with van der Waals surface area (Å²) in [6, 6.07) is 10.1. The third kappa shape index (κ3) is 2.96. The normalized spacial score (nSPS) is 32.9. The number of hydrogen-bond acceptors (Lipinski definition) is 4. The third-order valence-corrected chi connectivity index (χ3v) is 5.08. The van der Waals surface area contributed by atoms with Crippen LogP contribution < -0.4 is 0 Å². The van der Waals surface area contributed by atoms with Crippen molar-refractivity contribution in [3.05, 3.63) is 35.9 Å². The maximum absolute atomic E-state index is 11.8. The van der Waals surface area contributed by atoms with E-state index in [1.807, 2.05) is 18.2 Å². The van der Waals surface area contributed by atoms with Crippen molar-refractivity contribution in [1.29, 1.82) is 0 Å². The Morgan fingerprint density at radius 1 is 1.36 bits per heavy atom. The molecular formula is C17H20O5. The summed E-state index contributed by atoms with van der Waals surface area (Å²) in [6.07, 6.45) is 1.78. The average molecular weight is 304 g/mol. The Balaban J connectivity index is 0.000000545. The molecule has 0 radical (unpaired) electrons. The summed E-state index contributed by atoms with van der Waals surface area (Å²) in [4.78, 5) is 28.0. The zero-order valence-corrected chi connectivity index (χ0v) is 12.4. The molecule has 2 aliphatic rings. The van der Waals surface area contributed by atoms with Gasteiger partial charge in [0, 0.05) is 0 Å². The van der Waals surface area contributed by atoms with Crippen molar-refractivity contribution < 1.29 is 24.6 Å². The molecular weight excluding hydrogens is 284 g/mol. The Morgan fingerprint density at radius 3 is 2.36 bits per heavy atom. The maximum Gasteiger partial charge on any atom is 0.373 e. The van der Waals surface area contributed by atoms with Gasteiger partial charge >= 0.3 is 12.1 Å². The number of fused-ring (bicyclic) bond motifs is 1. The van der Waals surface area contributed by atoms with Gasteiger partial charge in [-0.15, -0.1) is 0 Å². The summed E-state index contributed by atoms with van der Waals surface area (Å²) in [5.74, 6) is -0.0894. The summed E-state index contributed by atoms with van der Waals surface area (Å²) in [5.41, 5.74) is 0.473. The number of benzene rings is 1. The molecule has 0 unspecified atom stereocenters. The lowest BCUT2D eigenvalue weighted by atomic mass is 9.73. The predicted octanol–water partition coefficient (Wildman–Crippen LogP) is 2.07. The van der Waals surface area contributed by atoms with Gasteiger partial charge in [-0.05, 0) is 42.6 Å². The van der Waals surface area contributed by atoms with Crippen LogP contribution in [0.2, 0.25) is 0 Å². The number of rotatable bonds is 4. The molecule has 2 saturated carbocycles. The summed E-state index contributed by atoms with van der Waals surface area (Å²) in [5, 5.41) is 19.6. The molecule has 0 amide bonds. The number of carboxylic acid groups (broad SMARTS) is 1. The Kier molecular flexibility index (Phi) is 4.79. The SMILES string of the molecule is C[C@@H](C[C@@]1(C(=O)O)C[C@H](O)[C@H]2C[C@H]21)c1ccccc1.O=C=O. The molecule has 118 valence electrons. The van der Waals surface area contributed by atoms with Gasteiger partial charge in [-0.2, -0.15) is 9.59 Å². The Labute approximate surface area is 129 Å². The van der Waals surface area contributed by atoms with E-state index < -0.39 is 17.5 Å². The van der Waals surface area contributed by atoms with Crippen molar-refractivity contribution in [2.75, 3.05) is 0 Å². The number of aliphatic hydroxyl groups is 1. The van der Waals surface area contributed by atoms with Crippen LogP contribution in [0.3, 0.4) is 0 Å². The van der Waals surface area contributed by atoms with Gasteiger partial charge in [-0.25, -0.2) is 0 Å². The van der Waals surface area contributed by atoms with Gasteiger partial charge in [0.25, 0.3) is 0 Å². The second-order valence-corrected chi connectivity index (χ2v) is 6.34. The first-order valence-electron chi connectivity index (χ1n) is 7.42. The molecule has 0 saturated heterocycles. The molecule has 3 rings (SSSR count). The Morgan fingerprint density at radius 2 is 1.95 bits per heavy atom. The van der Waals surface area contributed by atoms with E-state index in [2.05, 4.69) is 19.1 Å². The fourth-order valence-corrected chi connectivity index (χ4v) is 3.96. The highest BCUT2D eigenvalue weighted by atomic mass is 16.4. The molecule has 2 fully saturated rings. The number of carboxylic acids is 1. The minimum atomic E-state index is -0.723. The van der Waals surface area contributed by atoms with E-state index in [4.69, 9.17) is 9.59 Å². The van der Waals surface area contributed by atoms with Crippen molar-refractivity contribution in [1.82, 2.24) is 0 Å². The minimum Gasteiger partial charge on any atom is -0.481 e. The number of aliphatic carboxylic acids is 1. The van der Waals surface area contributed by atoms with E-state index in [1.165, 1.54) is 5.56 Å². The lowest BCUT2D eigenvalue weighted by Gasteiger charge is -2.30. The second-order valence-electron chi connectivity index (χ2n) is 6.34. The highest BCUT2D eigenvalue weighted by Gasteiger charge is 2.66. The van der Waals surface area contributed by atoms with E-state index in [1.54, 1.807) is 0 Å². The largest absolute Gasteiger partial charge is 0.481 e. The molecule has 0 bridgehead atoms. The number of aliphatic hydroxyl groups excluding tert-OH is 1. The van der Waals surface area contributed by atoms with Gasteiger partial charge in [-0.3, -0.25) is 4.79 Å². The first-order chi connectivity index (χ1) is 10.5. The van der Waals surface area contributed by atoms with Gasteiger partial charge in [0.05, 0.1) is 11.5 Å². The maximum atomic E-state index is 11.8. The highest BCUT2D eigenvalue weighted by Crippen LogP contribution is 2.64. The summed E-state index contributed by atoms with van der Waals surface area (Å²) < 4.78 is 0. The topological polar surface area (TPSA) is 91.7 Å². The smallest absolute Gasteiger partial charge is 0.373 e. The monoisotopic (exact) mass is 304 g/mol. The van der Waals surface area contributed by atoms with Crippen LogP contribution in [0.15, 0.2) is 30.3 Å². The van der Waals surface area contributed by atoms with Crippen molar-refractivity contribution in [3.63, 3.8) is 0 Å². The summed E-state index contributed by atoms with van der Waals surface area (Å²) in [7, 11) is 0. The molecule has 1 aromatic carbocycles. The summed E-state index contributed by atoms with van der Waals surface area (Å²) in [6.45, 7) is 2.09. The fraction of sp³-hybridized carbons (Fsp3) is 0.529. The van der Waals surface area contributed by atoms with Crippen molar-refractivity contribution in [2.24, 2.45) is 17.3 Å². The summed E-state index contributed by atoms with van der Waals surface area (Å²) >= 11 is 0. The van der Waals surface area contributed by atoms with Gasteiger partial charge in [0.2, 0.25) is 0 Å². The number of hydrogen-bond donors (Lipinski definition) is 2. The zero-order valence-electron chi connectivity index (χ0n) is 12.4. The van der Waals surface area contributed by atoms with E-state index in [0.29, 0.717) is 12.8 Å². The van der Waals surface area contributed by atoms with E-state index in [-0.39, 0.29) is 23.9 Å². The van der Waals surface area contributed by atoms with Crippen LogP contribution in [0, 0.1) is 17.3 Å². The van der Waals surface area contributed by atoms with Crippen molar-refractivity contribution in [2.45, 2.75) is 38.2 Å². The van der Waals surface area contributed by atoms with Gasteiger partial charge in [0.15, 0.2) is 0 Å². The van der Waals surface area contributed by atoms with Crippen LogP contribution >= 0.6 is 0 Å². The molecule has 0 aliphatic heterocycles. The van der Waals surface area contributed by atoms with Crippen LogP contribution in [0.4, 0.5) is 0 Å². The van der Waals surface area contributed by atoms with Crippen molar-refractivity contribution in [3.8, 4) is 0 Å². The lowest BCUT2D eigenvalue weighted by Crippen LogP contribution is -2.34. The molecule has 0 aromatic heterocycles.